The molecule has 2 aromatic rings. The fourth-order valence-corrected chi connectivity index (χ4v) is 3.51. The van der Waals surface area contributed by atoms with Crippen LogP contribution in [0.25, 0.3) is 0 Å². The van der Waals surface area contributed by atoms with Gasteiger partial charge in [-0.25, -0.2) is 9.97 Å². The molecule has 24 heavy (non-hydrogen) atoms. The lowest BCUT2D eigenvalue weighted by Gasteiger charge is -2.31. The Kier molecular flexibility index (Phi) is 5.68. The summed E-state index contributed by atoms with van der Waals surface area (Å²) in [6.45, 7) is 4.62. The van der Waals surface area contributed by atoms with E-state index in [0.717, 1.165) is 50.4 Å². The SMILES string of the molecule is CCCc1nnsc1C(=O)NCC1CCN(c2ncccn2)CC1. The predicted molar refractivity (Wildman–Crippen MR) is 93.2 cm³/mol. The van der Waals surface area contributed by atoms with Crippen LogP contribution in [0.4, 0.5) is 5.95 Å². The van der Waals surface area contributed by atoms with Crippen LogP contribution in [-0.2, 0) is 6.42 Å². The van der Waals surface area contributed by atoms with Gasteiger partial charge in [0.25, 0.3) is 5.91 Å². The molecule has 2 aromatic heterocycles. The number of carbonyl (C=O) groups is 1. The minimum Gasteiger partial charge on any atom is -0.351 e. The first-order chi connectivity index (χ1) is 11.8. The summed E-state index contributed by atoms with van der Waals surface area (Å²) in [5.41, 5.74) is 0.816. The summed E-state index contributed by atoms with van der Waals surface area (Å²) in [6.07, 6.45) is 7.36. The first kappa shape index (κ1) is 16.8. The van der Waals surface area contributed by atoms with Crippen LogP contribution in [0.3, 0.4) is 0 Å². The number of hydrogen-bond acceptors (Lipinski definition) is 7. The molecule has 0 bridgehead atoms. The lowest BCUT2D eigenvalue weighted by molar-refractivity contribution is 0.0948. The Morgan fingerprint density at radius 2 is 2.08 bits per heavy atom. The number of rotatable bonds is 6. The van der Waals surface area contributed by atoms with Gasteiger partial charge in [0.1, 0.15) is 4.88 Å². The summed E-state index contributed by atoms with van der Waals surface area (Å²) >= 11 is 1.18. The van der Waals surface area contributed by atoms with Gasteiger partial charge in [-0.2, -0.15) is 0 Å². The molecule has 0 atom stereocenters. The van der Waals surface area contributed by atoms with Crippen LogP contribution in [0, 0.1) is 5.92 Å². The van der Waals surface area contributed by atoms with Crippen LogP contribution in [0.1, 0.15) is 41.6 Å². The number of anilines is 1. The lowest BCUT2D eigenvalue weighted by Crippen LogP contribution is -2.39. The van der Waals surface area contributed by atoms with Gasteiger partial charge in [0, 0.05) is 32.0 Å². The van der Waals surface area contributed by atoms with Gasteiger partial charge in [-0.05, 0) is 42.8 Å². The zero-order valence-corrected chi connectivity index (χ0v) is 14.6. The Labute approximate surface area is 145 Å². The molecule has 1 aliphatic rings. The molecule has 1 saturated heterocycles. The van der Waals surface area contributed by atoms with Gasteiger partial charge in [-0.3, -0.25) is 4.79 Å². The van der Waals surface area contributed by atoms with Crippen LogP contribution >= 0.6 is 11.5 Å². The molecule has 1 amide bonds. The van der Waals surface area contributed by atoms with Crippen LogP contribution in [-0.4, -0.2) is 45.1 Å². The van der Waals surface area contributed by atoms with E-state index in [2.05, 4.69) is 36.7 Å². The van der Waals surface area contributed by atoms with Crippen molar-refractivity contribution < 1.29 is 4.79 Å². The maximum Gasteiger partial charge on any atom is 0.264 e. The van der Waals surface area contributed by atoms with E-state index in [1.165, 1.54) is 11.5 Å². The smallest absolute Gasteiger partial charge is 0.264 e. The van der Waals surface area contributed by atoms with Crippen LogP contribution < -0.4 is 10.2 Å². The van der Waals surface area contributed by atoms with E-state index >= 15 is 0 Å². The van der Waals surface area contributed by atoms with Crippen molar-refractivity contribution in [2.75, 3.05) is 24.5 Å². The summed E-state index contributed by atoms with van der Waals surface area (Å²) in [7, 11) is 0. The van der Waals surface area contributed by atoms with E-state index in [4.69, 9.17) is 0 Å². The van der Waals surface area contributed by atoms with Crippen molar-refractivity contribution >= 4 is 23.4 Å². The van der Waals surface area contributed by atoms with E-state index in [9.17, 15) is 4.79 Å². The fraction of sp³-hybridized carbons (Fsp3) is 0.562. The molecule has 0 aromatic carbocycles. The lowest BCUT2D eigenvalue weighted by atomic mass is 9.97. The topological polar surface area (TPSA) is 83.9 Å². The predicted octanol–water partition coefficient (Wildman–Crippen LogP) is 1.93. The van der Waals surface area contributed by atoms with Crippen molar-refractivity contribution in [3.8, 4) is 0 Å². The highest BCUT2D eigenvalue weighted by Gasteiger charge is 2.22. The largest absolute Gasteiger partial charge is 0.351 e. The maximum absolute atomic E-state index is 12.3. The highest BCUT2D eigenvalue weighted by Crippen LogP contribution is 2.20. The second kappa shape index (κ2) is 8.14. The summed E-state index contributed by atoms with van der Waals surface area (Å²) in [6, 6.07) is 1.83. The molecule has 0 aliphatic carbocycles. The monoisotopic (exact) mass is 346 g/mol. The summed E-state index contributed by atoms with van der Waals surface area (Å²) in [5, 5.41) is 7.10. The minimum absolute atomic E-state index is 0.0396. The molecule has 0 saturated carbocycles. The van der Waals surface area contributed by atoms with Gasteiger partial charge >= 0.3 is 0 Å². The van der Waals surface area contributed by atoms with Crippen LogP contribution in [0.2, 0.25) is 0 Å². The summed E-state index contributed by atoms with van der Waals surface area (Å²) < 4.78 is 3.91. The molecule has 3 heterocycles. The van der Waals surface area contributed by atoms with Gasteiger partial charge in [0.05, 0.1) is 5.69 Å². The Hall–Kier alpha value is -2.09. The van der Waals surface area contributed by atoms with Gasteiger partial charge in [-0.1, -0.05) is 17.8 Å². The normalized spacial score (nSPS) is 15.5. The number of nitrogens with zero attached hydrogens (tertiary/aromatic N) is 5. The fourth-order valence-electron chi connectivity index (χ4n) is 2.89. The van der Waals surface area contributed by atoms with E-state index in [0.29, 0.717) is 17.3 Å². The average Bonchev–Trinajstić information content (AvgIpc) is 3.10. The van der Waals surface area contributed by atoms with Gasteiger partial charge < -0.3 is 10.2 Å². The zero-order valence-electron chi connectivity index (χ0n) is 13.8. The average molecular weight is 346 g/mol. The Morgan fingerprint density at radius 1 is 1.33 bits per heavy atom. The molecule has 1 N–H and O–H groups in total. The number of piperidine rings is 1. The van der Waals surface area contributed by atoms with Gasteiger partial charge in [-0.15, -0.1) is 5.10 Å². The highest BCUT2D eigenvalue weighted by atomic mass is 32.1. The molecule has 3 rings (SSSR count). The van der Waals surface area contributed by atoms with E-state index in [-0.39, 0.29) is 5.91 Å². The molecular weight excluding hydrogens is 324 g/mol. The van der Waals surface area contributed by atoms with Crippen molar-refractivity contribution in [3.63, 3.8) is 0 Å². The van der Waals surface area contributed by atoms with E-state index in [1.54, 1.807) is 12.4 Å². The minimum atomic E-state index is -0.0396. The Bertz CT molecular complexity index is 654. The number of aryl methyl sites for hydroxylation is 1. The standard InChI is InChI=1S/C16H22N6OS/c1-2-4-13-14(24-21-20-13)15(23)19-11-12-5-9-22(10-6-12)16-17-7-3-8-18-16/h3,7-8,12H,2,4-6,9-11H2,1H3,(H,19,23). The molecule has 0 spiro atoms. The molecule has 8 heteroatoms. The van der Waals surface area contributed by atoms with Crippen LogP contribution in [0.5, 0.6) is 0 Å². The molecule has 128 valence electrons. The van der Waals surface area contributed by atoms with Crippen molar-refractivity contribution in [2.45, 2.75) is 32.6 Å². The second-order valence-corrected chi connectivity index (χ2v) is 6.74. The number of aromatic nitrogens is 4. The quantitative estimate of drug-likeness (QED) is 0.860. The summed E-state index contributed by atoms with van der Waals surface area (Å²) in [4.78, 5) is 23.8. The van der Waals surface area contributed by atoms with Crippen molar-refractivity contribution in [1.29, 1.82) is 0 Å². The number of carbonyl (C=O) groups excluding carboxylic acids is 1. The molecule has 0 radical (unpaired) electrons. The first-order valence-corrected chi connectivity index (χ1v) is 9.16. The van der Waals surface area contributed by atoms with Gasteiger partial charge in [0.15, 0.2) is 0 Å². The molecule has 1 fully saturated rings. The Morgan fingerprint density at radius 3 is 2.79 bits per heavy atom. The van der Waals surface area contributed by atoms with E-state index < -0.39 is 0 Å². The second-order valence-electron chi connectivity index (χ2n) is 5.99. The maximum atomic E-state index is 12.3. The van der Waals surface area contributed by atoms with E-state index in [1.807, 2.05) is 6.07 Å². The highest BCUT2D eigenvalue weighted by molar-refractivity contribution is 7.08. The third-order valence-corrected chi connectivity index (χ3v) is 5.02. The third-order valence-electron chi connectivity index (χ3n) is 4.25. The number of nitrogens with one attached hydrogen (secondary N) is 1. The van der Waals surface area contributed by atoms with Gasteiger partial charge in [0.2, 0.25) is 5.95 Å². The zero-order chi connectivity index (χ0) is 16.8. The molecule has 0 unspecified atom stereocenters. The van der Waals surface area contributed by atoms with Crippen LogP contribution in [0.15, 0.2) is 18.5 Å². The van der Waals surface area contributed by atoms with Crippen molar-refractivity contribution in [3.05, 3.63) is 29.0 Å². The number of hydrogen-bond donors (Lipinski definition) is 1. The van der Waals surface area contributed by atoms with Crippen molar-refractivity contribution in [2.24, 2.45) is 5.92 Å². The molecule has 1 aliphatic heterocycles. The Balaban J connectivity index is 1.46. The van der Waals surface area contributed by atoms with Crippen molar-refractivity contribution in [1.82, 2.24) is 24.9 Å². The molecule has 7 nitrogen and oxygen atoms in total. The first-order valence-electron chi connectivity index (χ1n) is 8.39. The molecular formula is C16H22N6OS. The number of amides is 1. The third kappa shape index (κ3) is 4.05. The summed E-state index contributed by atoms with van der Waals surface area (Å²) in [5.74, 6) is 1.24.